The van der Waals surface area contributed by atoms with Crippen molar-refractivity contribution in [2.75, 3.05) is 18.6 Å². The number of nitrogens with zero attached hydrogens (tertiary/aromatic N) is 2. The van der Waals surface area contributed by atoms with Crippen LogP contribution in [0.5, 0.6) is 11.5 Å². The molecule has 0 spiro atoms. The number of hydrogen-bond donors (Lipinski definition) is 1. The van der Waals surface area contributed by atoms with Gasteiger partial charge in [0.2, 0.25) is 0 Å². The zero-order valence-electron chi connectivity index (χ0n) is 13.6. The first-order valence-electron chi connectivity index (χ1n) is 7.88. The molecule has 1 aromatic heterocycles. The quantitative estimate of drug-likeness (QED) is 0.740. The number of phenolic OH excluding ortho intramolecular Hbond substituents is 1. The van der Waals surface area contributed by atoms with Gasteiger partial charge in [-0.2, -0.15) is 0 Å². The van der Waals surface area contributed by atoms with E-state index in [9.17, 15) is 5.11 Å². The van der Waals surface area contributed by atoms with Crippen molar-refractivity contribution in [1.29, 1.82) is 0 Å². The van der Waals surface area contributed by atoms with E-state index in [0.29, 0.717) is 6.54 Å². The van der Waals surface area contributed by atoms with Gasteiger partial charge < -0.3 is 14.7 Å². The molecule has 3 rings (SSSR count). The van der Waals surface area contributed by atoms with Crippen LogP contribution in [-0.2, 0) is 6.42 Å². The van der Waals surface area contributed by atoms with Crippen molar-refractivity contribution >= 4 is 11.4 Å². The fourth-order valence-electron chi connectivity index (χ4n) is 2.69. The van der Waals surface area contributed by atoms with Crippen LogP contribution in [0.15, 0.2) is 72.9 Å². The first kappa shape index (κ1) is 15.9. The Bertz CT molecular complexity index is 790. The molecule has 3 aromatic rings. The van der Waals surface area contributed by atoms with Crippen molar-refractivity contribution in [3.8, 4) is 11.5 Å². The number of methoxy groups -OCH3 is 1. The van der Waals surface area contributed by atoms with Crippen LogP contribution in [0.3, 0.4) is 0 Å². The number of rotatable bonds is 6. The van der Waals surface area contributed by atoms with E-state index in [4.69, 9.17) is 4.74 Å². The van der Waals surface area contributed by atoms with Gasteiger partial charge in [0.15, 0.2) is 0 Å². The lowest BCUT2D eigenvalue weighted by Gasteiger charge is -2.27. The molecule has 0 atom stereocenters. The molecule has 1 N–H and O–H groups in total. The normalized spacial score (nSPS) is 10.4. The maximum absolute atomic E-state index is 10.3. The molecule has 24 heavy (non-hydrogen) atoms. The van der Waals surface area contributed by atoms with Crippen LogP contribution in [0, 0.1) is 0 Å². The fourth-order valence-corrected chi connectivity index (χ4v) is 2.69. The zero-order valence-corrected chi connectivity index (χ0v) is 13.6. The number of aromatic nitrogens is 1. The highest BCUT2D eigenvalue weighted by atomic mass is 16.5. The molecule has 0 aliphatic rings. The molecule has 0 saturated heterocycles. The van der Waals surface area contributed by atoms with Gasteiger partial charge in [0.1, 0.15) is 11.5 Å². The predicted octanol–water partition coefficient (Wildman–Crippen LogP) is 4.18. The molecule has 0 aliphatic heterocycles. The summed E-state index contributed by atoms with van der Waals surface area (Å²) in [6.45, 7) is 0.676. The van der Waals surface area contributed by atoms with E-state index >= 15 is 0 Å². The molecule has 4 nitrogen and oxygen atoms in total. The van der Waals surface area contributed by atoms with E-state index in [1.165, 1.54) is 0 Å². The average Bonchev–Trinajstić information content (AvgIpc) is 2.64. The standard InChI is InChI=1S/C20H20N2O2/c1-24-20-12-5-3-10-18(20)22(17-9-2-4-11-19(17)23)15-13-16-8-6-7-14-21-16/h2-12,14,23H,13,15H2,1H3. The lowest BCUT2D eigenvalue weighted by molar-refractivity contribution is 0.415. The fraction of sp³-hybridized carbons (Fsp3) is 0.150. The Labute approximate surface area is 142 Å². The van der Waals surface area contributed by atoms with Gasteiger partial charge in [-0.3, -0.25) is 4.98 Å². The smallest absolute Gasteiger partial charge is 0.142 e. The van der Waals surface area contributed by atoms with Crippen LogP contribution in [0.25, 0.3) is 0 Å². The maximum Gasteiger partial charge on any atom is 0.142 e. The molecule has 0 fully saturated rings. The van der Waals surface area contributed by atoms with Gasteiger partial charge in [-0.25, -0.2) is 0 Å². The predicted molar refractivity (Wildman–Crippen MR) is 96.0 cm³/mol. The summed E-state index contributed by atoms with van der Waals surface area (Å²) in [6, 6.07) is 21.0. The highest BCUT2D eigenvalue weighted by Gasteiger charge is 2.16. The Hall–Kier alpha value is -3.01. The number of benzene rings is 2. The van der Waals surface area contributed by atoms with Crippen LogP contribution in [-0.4, -0.2) is 23.7 Å². The van der Waals surface area contributed by atoms with Gasteiger partial charge in [0, 0.05) is 24.9 Å². The zero-order chi connectivity index (χ0) is 16.8. The van der Waals surface area contributed by atoms with Crippen LogP contribution >= 0.6 is 0 Å². The second-order valence-electron chi connectivity index (χ2n) is 5.38. The van der Waals surface area contributed by atoms with Crippen molar-refractivity contribution in [1.82, 2.24) is 4.98 Å². The Morgan fingerprint density at radius 2 is 1.62 bits per heavy atom. The molecule has 1 heterocycles. The molecule has 4 heteroatoms. The van der Waals surface area contributed by atoms with Crippen LogP contribution in [0.1, 0.15) is 5.69 Å². The second kappa shape index (κ2) is 7.51. The van der Waals surface area contributed by atoms with Crippen LogP contribution in [0.2, 0.25) is 0 Å². The molecular formula is C20H20N2O2. The Morgan fingerprint density at radius 1 is 0.917 bits per heavy atom. The SMILES string of the molecule is COc1ccccc1N(CCc1ccccn1)c1ccccc1O. The van der Waals surface area contributed by atoms with Crippen LogP contribution < -0.4 is 9.64 Å². The second-order valence-corrected chi connectivity index (χ2v) is 5.38. The van der Waals surface area contributed by atoms with Crippen molar-refractivity contribution in [2.45, 2.75) is 6.42 Å². The van der Waals surface area contributed by atoms with E-state index in [1.807, 2.05) is 60.7 Å². The highest BCUT2D eigenvalue weighted by molar-refractivity contribution is 5.73. The van der Waals surface area contributed by atoms with E-state index in [1.54, 1.807) is 19.4 Å². The summed E-state index contributed by atoms with van der Waals surface area (Å²) in [5.74, 6) is 1.01. The highest BCUT2D eigenvalue weighted by Crippen LogP contribution is 2.37. The number of pyridine rings is 1. The molecule has 0 saturated carbocycles. The van der Waals surface area contributed by atoms with Gasteiger partial charge >= 0.3 is 0 Å². The molecular weight excluding hydrogens is 300 g/mol. The van der Waals surface area contributed by atoms with E-state index < -0.39 is 0 Å². The molecule has 0 bridgehead atoms. The largest absolute Gasteiger partial charge is 0.506 e. The Kier molecular flexibility index (Phi) is 4.96. The van der Waals surface area contributed by atoms with E-state index in [2.05, 4.69) is 9.88 Å². The molecule has 2 aromatic carbocycles. The third-order valence-electron chi connectivity index (χ3n) is 3.87. The summed E-state index contributed by atoms with van der Waals surface area (Å²) in [5.41, 5.74) is 2.67. The van der Waals surface area contributed by atoms with Gasteiger partial charge in [0.25, 0.3) is 0 Å². The van der Waals surface area contributed by atoms with E-state index in [0.717, 1.165) is 29.2 Å². The third-order valence-corrected chi connectivity index (χ3v) is 3.87. The Balaban J connectivity index is 1.96. The molecule has 0 amide bonds. The minimum absolute atomic E-state index is 0.240. The van der Waals surface area contributed by atoms with Gasteiger partial charge in [-0.15, -0.1) is 0 Å². The first-order chi connectivity index (χ1) is 11.8. The summed E-state index contributed by atoms with van der Waals surface area (Å²) >= 11 is 0. The van der Waals surface area contributed by atoms with Crippen LogP contribution in [0.4, 0.5) is 11.4 Å². The topological polar surface area (TPSA) is 45.6 Å². The van der Waals surface area contributed by atoms with Gasteiger partial charge in [-0.05, 0) is 36.4 Å². The average molecular weight is 320 g/mol. The third kappa shape index (κ3) is 3.49. The molecule has 0 aliphatic carbocycles. The van der Waals surface area contributed by atoms with Gasteiger partial charge in [-0.1, -0.05) is 30.3 Å². The lowest BCUT2D eigenvalue weighted by Crippen LogP contribution is -2.21. The summed E-state index contributed by atoms with van der Waals surface area (Å²) in [6.07, 6.45) is 2.55. The number of anilines is 2. The molecule has 0 radical (unpaired) electrons. The number of hydrogen-bond acceptors (Lipinski definition) is 4. The molecule has 0 unspecified atom stereocenters. The van der Waals surface area contributed by atoms with Gasteiger partial charge in [0.05, 0.1) is 18.5 Å². The number of aromatic hydroxyl groups is 1. The summed E-state index contributed by atoms with van der Waals surface area (Å²) in [5, 5.41) is 10.3. The number of para-hydroxylation sites is 4. The summed E-state index contributed by atoms with van der Waals surface area (Å²) in [4.78, 5) is 6.44. The minimum atomic E-state index is 0.240. The van der Waals surface area contributed by atoms with Crippen molar-refractivity contribution in [3.63, 3.8) is 0 Å². The van der Waals surface area contributed by atoms with Crippen molar-refractivity contribution in [3.05, 3.63) is 78.6 Å². The molecule has 122 valence electrons. The van der Waals surface area contributed by atoms with Crippen molar-refractivity contribution in [2.24, 2.45) is 0 Å². The first-order valence-corrected chi connectivity index (χ1v) is 7.88. The Morgan fingerprint density at radius 3 is 2.33 bits per heavy atom. The minimum Gasteiger partial charge on any atom is -0.506 e. The lowest BCUT2D eigenvalue weighted by atomic mass is 10.1. The number of phenols is 1. The summed E-state index contributed by atoms with van der Waals surface area (Å²) in [7, 11) is 1.65. The summed E-state index contributed by atoms with van der Waals surface area (Å²) < 4.78 is 5.50. The maximum atomic E-state index is 10.3. The van der Waals surface area contributed by atoms with Crippen molar-refractivity contribution < 1.29 is 9.84 Å². The van der Waals surface area contributed by atoms with E-state index in [-0.39, 0.29) is 5.75 Å². The monoisotopic (exact) mass is 320 g/mol. The number of ether oxygens (including phenoxy) is 1.